The standard InChI is InChI=1S/C9H12ClNO2S/c1-11(9(13)6-12)5-4-7-2-3-8(10)14-7/h2-3,12H,4-6H2,1H3. The van der Waals surface area contributed by atoms with Crippen LogP contribution in [0, 0.1) is 0 Å². The summed E-state index contributed by atoms with van der Waals surface area (Å²) in [5, 5.41) is 8.60. The average Bonchev–Trinajstić information content (AvgIpc) is 2.59. The van der Waals surface area contributed by atoms with Gasteiger partial charge in [-0.25, -0.2) is 0 Å². The van der Waals surface area contributed by atoms with Gasteiger partial charge in [0.15, 0.2) is 0 Å². The fraction of sp³-hybridized carbons (Fsp3) is 0.444. The molecule has 1 aromatic rings. The van der Waals surface area contributed by atoms with E-state index >= 15 is 0 Å². The fourth-order valence-electron chi connectivity index (χ4n) is 1.01. The van der Waals surface area contributed by atoms with Crippen molar-refractivity contribution in [2.24, 2.45) is 0 Å². The molecule has 0 fully saturated rings. The van der Waals surface area contributed by atoms with Crippen molar-refractivity contribution in [3.63, 3.8) is 0 Å². The van der Waals surface area contributed by atoms with Crippen molar-refractivity contribution in [3.8, 4) is 0 Å². The summed E-state index contributed by atoms with van der Waals surface area (Å²) in [6.45, 7) is 0.179. The monoisotopic (exact) mass is 233 g/mol. The molecule has 1 aromatic heterocycles. The summed E-state index contributed by atoms with van der Waals surface area (Å²) in [6.07, 6.45) is 0.777. The van der Waals surface area contributed by atoms with Crippen molar-refractivity contribution in [1.82, 2.24) is 4.90 Å². The van der Waals surface area contributed by atoms with Crippen LogP contribution in [0.25, 0.3) is 0 Å². The van der Waals surface area contributed by atoms with Crippen molar-refractivity contribution in [2.45, 2.75) is 6.42 Å². The molecule has 14 heavy (non-hydrogen) atoms. The third kappa shape index (κ3) is 3.29. The molecule has 0 saturated heterocycles. The Morgan fingerprint density at radius 2 is 2.36 bits per heavy atom. The minimum absolute atomic E-state index is 0.257. The van der Waals surface area contributed by atoms with Gasteiger partial charge in [0, 0.05) is 18.5 Å². The Bertz CT molecular complexity index is 314. The van der Waals surface area contributed by atoms with E-state index in [2.05, 4.69) is 0 Å². The van der Waals surface area contributed by atoms with Gasteiger partial charge < -0.3 is 10.0 Å². The van der Waals surface area contributed by atoms with E-state index in [0.29, 0.717) is 6.54 Å². The van der Waals surface area contributed by atoms with Gasteiger partial charge in [0.1, 0.15) is 6.61 Å². The maximum atomic E-state index is 11.0. The van der Waals surface area contributed by atoms with Crippen LogP contribution in [0.4, 0.5) is 0 Å². The molecule has 0 aromatic carbocycles. The van der Waals surface area contributed by atoms with Crippen molar-refractivity contribution in [2.75, 3.05) is 20.2 Å². The molecule has 0 aliphatic carbocycles. The molecule has 0 atom stereocenters. The van der Waals surface area contributed by atoms with Gasteiger partial charge in [-0.3, -0.25) is 4.79 Å². The van der Waals surface area contributed by atoms with Crippen LogP contribution >= 0.6 is 22.9 Å². The van der Waals surface area contributed by atoms with Crippen molar-refractivity contribution in [1.29, 1.82) is 0 Å². The minimum Gasteiger partial charge on any atom is -0.387 e. The zero-order chi connectivity index (χ0) is 10.6. The SMILES string of the molecule is CN(CCc1ccc(Cl)s1)C(=O)CO. The Hall–Kier alpha value is -0.580. The average molecular weight is 234 g/mol. The van der Waals surface area contributed by atoms with E-state index in [1.807, 2.05) is 12.1 Å². The van der Waals surface area contributed by atoms with Crippen LogP contribution in [0.5, 0.6) is 0 Å². The van der Waals surface area contributed by atoms with Gasteiger partial charge in [0.25, 0.3) is 0 Å². The van der Waals surface area contributed by atoms with Crippen LogP contribution in [0.2, 0.25) is 4.34 Å². The largest absolute Gasteiger partial charge is 0.387 e. The second kappa shape index (κ2) is 5.34. The second-order valence-electron chi connectivity index (χ2n) is 2.93. The predicted octanol–water partition coefficient (Wildman–Crippen LogP) is 1.39. The number of hydrogen-bond donors (Lipinski definition) is 1. The third-order valence-corrected chi connectivity index (χ3v) is 3.17. The van der Waals surface area contributed by atoms with Crippen molar-refractivity contribution < 1.29 is 9.90 Å². The number of likely N-dealkylation sites (N-methyl/N-ethyl adjacent to an activating group) is 1. The first-order valence-corrected chi connectivity index (χ1v) is 5.42. The summed E-state index contributed by atoms with van der Waals surface area (Å²) >= 11 is 7.28. The van der Waals surface area contributed by atoms with Gasteiger partial charge in [-0.2, -0.15) is 0 Å². The Kier molecular flexibility index (Phi) is 4.38. The highest BCUT2D eigenvalue weighted by Gasteiger charge is 2.07. The molecule has 3 nitrogen and oxygen atoms in total. The summed E-state index contributed by atoms with van der Waals surface area (Å²) in [4.78, 5) is 13.6. The quantitative estimate of drug-likeness (QED) is 0.854. The molecule has 0 radical (unpaired) electrons. The summed E-state index contributed by atoms with van der Waals surface area (Å²) < 4.78 is 0.760. The third-order valence-electron chi connectivity index (χ3n) is 1.88. The first-order chi connectivity index (χ1) is 6.63. The number of aliphatic hydroxyl groups is 1. The molecular weight excluding hydrogens is 222 g/mol. The van der Waals surface area contributed by atoms with Gasteiger partial charge in [0.2, 0.25) is 5.91 Å². The van der Waals surface area contributed by atoms with E-state index in [-0.39, 0.29) is 5.91 Å². The molecule has 1 heterocycles. The van der Waals surface area contributed by atoms with Crippen LogP contribution < -0.4 is 0 Å². The normalized spacial score (nSPS) is 10.2. The van der Waals surface area contributed by atoms with Crippen LogP contribution in [0.3, 0.4) is 0 Å². The number of nitrogens with zero attached hydrogens (tertiary/aromatic N) is 1. The topological polar surface area (TPSA) is 40.5 Å². The van der Waals surface area contributed by atoms with Crippen LogP contribution in [-0.4, -0.2) is 36.1 Å². The molecule has 0 saturated carbocycles. The van der Waals surface area contributed by atoms with Crippen molar-refractivity contribution >= 4 is 28.8 Å². The van der Waals surface area contributed by atoms with Gasteiger partial charge in [-0.15, -0.1) is 11.3 Å². The van der Waals surface area contributed by atoms with Gasteiger partial charge in [0.05, 0.1) is 4.34 Å². The van der Waals surface area contributed by atoms with E-state index < -0.39 is 6.61 Å². The summed E-state index contributed by atoms with van der Waals surface area (Å²) in [5.74, 6) is -0.257. The Balaban J connectivity index is 2.37. The zero-order valence-electron chi connectivity index (χ0n) is 7.86. The maximum absolute atomic E-state index is 11.0. The number of carbonyl (C=O) groups is 1. The second-order valence-corrected chi connectivity index (χ2v) is 4.73. The van der Waals surface area contributed by atoms with Crippen LogP contribution in [-0.2, 0) is 11.2 Å². The highest BCUT2D eigenvalue weighted by Crippen LogP contribution is 2.21. The smallest absolute Gasteiger partial charge is 0.248 e. The zero-order valence-corrected chi connectivity index (χ0v) is 9.44. The molecule has 1 N–H and O–H groups in total. The first kappa shape index (κ1) is 11.5. The van der Waals surface area contributed by atoms with E-state index in [0.717, 1.165) is 15.6 Å². The maximum Gasteiger partial charge on any atom is 0.248 e. The first-order valence-electron chi connectivity index (χ1n) is 4.22. The molecule has 5 heteroatoms. The number of aliphatic hydroxyl groups excluding tert-OH is 1. The lowest BCUT2D eigenvalue weighted by molar-refractivity contribution is -0.132. The number of amides is 1. The minimum atomic E-state index is -0.429. The molecule has 0 spiro atoms. The Morgan fingerprint density at radius 3 is 2.86 bits per heavy atom. The molecule has 1 rings (SSSR count). The van der Waals surface area contributed by atoms with Crippen LogP contribution in [0.15, 0.2) is 12.1 Å². The Labute approximate surface area is 91.9 Å². The number of rotatable bonds is 4. The van der Waals surface area contributed by atoms with E-state index in [4.69, 9.17) is 16.7 Å². The van der Waals surface area contributed by atoms with Gasteiger partial charge in [-0.1, -0.05) is 11.6 Å². The fourth-order valence-corrected chi connectivity index (χ4v) is 2.09. The summed E-state index contributed by atoms with van der Waals surface area (Å²) in [7, 11) is 1.67. The van der Waals surface area contributed by atoms with Crippen LogP contribution in [0.1, 0.15) is 4.88 Å². The molecular formula is C9H12ClNO2S. The molecule has 0 aliphatic heterocycles. The summed E-state index contributed by atoms with van der Waals surface area (Å²) in [5.41, 5.74) is 0. The van der Waals surface area contributed by atoms with Gasteiger partial charge in [-0.05, 0) is 18.6 Å². The molecule has 0 unspecified atom stereocenters. The van der Waals surface area contributed by atoms with E-state index in [1.54, 1.807) is 7.05 Å². The lowest BCUT2D eigenvalue weighted by Crippen LogP contribution is -2.30. The van der Waals surface area contributed by atoms with E-state index in [1.165, 1.54) is 16.2 Å². The predicted molar refractivity (Wildman–Crippen MR) is 57.8 cm³/mol. The number of hydrogen-bond acceptors (Lipinski definition) is 3. The highest BCUT2D eigenvalue weighted by atomic mass is 35.5. The summed E-state index contributed by atoms with van der Waals surface area (Å²) in [6, 6.07) is 3.79. The van der Waals surface area contributed by atoms with Crippen molar-refractivity contribution in [3.05, 3.63) is 21.3 Å². The molecule has 0 bridgehead atoms. The lowest BCUT2D eigenvalue weighted by Gasteiger charge is -2.14. The molecule has 1 amide bonds. The number of halogens is 1. The lowest BCUT2D eigenvalue weighted by atomic mass is 10.3. The van der Waals surface area contributed by atoms with Gasteiger partial charge >= 0.3 is 0 Å². The molecule has 78 valence electrons. The van der Waals surface area contributed by atoms with E-state index in [9.17, 15) is 4.79 Å². The number of carbonyl (C=O) groups excluding carboxylic acids is 1. The number of thiophene rings is 1. The molecule has 0 aliphatic rings. The highest BCUT2D eigenvalue weighted by molar-refractivity contribution is 7.16. The Morgan fingerprint density at radius 1 is 1.64 bits per heavy atom.